The van der Waals surface area contributed by atoms with Crippen LogP contribution in [0.1, 0.15) is 51.2 Å². The number of aromatic nitrogens is 2. The number of piperidine rings is 1. The highest BCUT2D eigenvalue weighted by molar-refractivity contribution is 6.31. The van der Waals surface area contributed by atoms with Crippen molar-refractivity contribution in [2.24, 2.45) is 0 Å². The van der Waals surface area contributed by atoms with Gasteiger partial charge in [-0.1, -0.05) is 18.5 Å². The number of amides is 1. The van der Waals surface area contributed by atoms with E-state index in [1.807, 2.05) is 30.6 Å². The van der Waals surface area contributed by atoms with Gasteiger partial charge in [0.15, 0.2) is 0 Å². The van der Waals surface area contributed by atoms with Gasteiger partial charge in [-0.3, -0.25) is 9.69 Å². The fourth-order valence-electron chi connectivity index (χ4n) is 4.13. The normalized spacial score (nSPS) is 18.6. The van der Waals surface area contributed by atoms with Crippen molar-refractivity contribution in [2.75, 3.05) is 23.7 Å². The molecule has 2 N–H and O–H groups in total. The number of carbonyl (C=O) groups is 1. The first kappa shape index (κ1) is 20.1. The van der Waals surface area contributed by atoms with E-state index < -0.39 is 5.41 Å². The Balaban J connectivity index is 1.40. The third kappa shape index (κ3) is 3.96. The van der Waals surface area contributed by atoms with Crippen LogP contribution in [0.2, 0.25) is 5.02 Å². The zero-order valence-electron chi connectivity index (χ0n) is 17.3. The zero-order chi connectivity index (χ0) is 20.6. The summed E-state index contributed by atoms with van der Waals surface area (Å²) in [5.41, 5.74) is 2.56. The lowest BCUT2D eigenvalue weighted by molar-refractivity contribution is -0.122. The van der Waals surface area contributed by atoms with Gasteiger partial charge in [0, 0.05) is 40.8 Å². The summed E-state index contributed by atoms with van der Waals surface area (Å²) in [7, 11) is 0. The van der Waals surface area contributed by atoms with Crippen LogP contribution in [0.3, 0.4) is 0 Å². The molecule has 1 aromatic carbocycles. The number of carbonyl (C=O) groups excluding carboxylic acids is 1. The Labute approximate surface area is 177 Å². The van der Waals surface area contributed by atoms with Gasteiger partial charge in [-0.25, -0.2) is 9.97 Å². The lowest BCUT2D eigenvalue weighted by Crippen LogP contribution is -2.46. The molecule has 0 bridgehead atoms. The lowest BCUT2D eigenvalue weighted by atomic mass is 9.73. The number of hydrogen-bond donors (Lipinski definition) is 2. The second kappa shape index (κ2) is 7.58. The number of likely N-dealkylation sites (tertiary alicyclic amines) is 1. The molecule has 1 fully saturated rings. The van der Waals surface area contributed by atoms with E-state index in [1.165, 1.54) is 0 Å². The molecule has 154 valence electrons. The molecule has 1 aromatic heterocycles. The topological polar surface area (TPSA) is 70.2 Å². The summed E-state index contributed by atoms with van der Waals surface area (Å²) < 4.78 is 0. The van der Waals surface area contributed by atoms with Gasteiger partial charge in [0.2, 0.25) is 11.9 Å². The summed E-state index contributed by atoms with van der Waals surface area (Å²) in [6, 6.07) is 5.68. The molecule has 3 heterocycles. The van der Waals surface area contributed by atoms with Crippen molar-refractivity contribution in [3.63, 3.8) is 0 Å². The smallest absolute Gasteiger partial charge is 0.235 e. The highest BCUT2D eigenvalue weighted by Gasteiger charge is 2.48. The largest absolute Gasteiger partial charge is 0.349 e. The Bertz CT molecular complexity index is 904. The first-order valence-corrected chi connectivity index (χ1v) is 10.6. The van der Waals surface area contributed by atoms with Gasteiger partial charge >= 0.3 is 0 Å². The van der Waals surface area contributed by atoms with Gasteiger partial charge in [0.25, 0.3) is 0 Å². The molecule has 1 saturated heterocycles. The molecular weight excluding hydrogens is 386 g/mol. The van der Waals surface area contributed by atoms with Crippen LogP contribution in [0, 0.1) is 0 Å². The Kier molecular flexibility index (Phi) is 5.25. The molecular formula is C22H28ClN5O. The highest BCUT2D eigenvalue weighted by atomic mass is 35.5. The summed E-state index contributed by atoms with van der Waals surface area (Å²) in [6.07, 6.45) is 6.36. The van der Waals surface area contributed by atoms with Crippen molar-refractivity contribution < 1.29 is 4.79 Å². The molecule has 0 atom stereocenters. The summed E-state index contributed by atoms with van der Waals surface area (Å²) in [5.74, 6) is 0.765. The fraction of sp³-hybridized carbons (Fsp3) is 0.500. The Morgan fingerprint density at radius 2 is 1.93 bits per heavy atom. The summed E-state index contributed by atoms with van der Waals surface area (Å²) in [5, 5.41) is 7.08. The number of anilines is 2. The van der Waals surface area contributed by atoms with Gasteiger partial charge in [0.1, 0.15) is 0 Å². The van der Waals surface area contributed by atoms with Gasteiger partial charge in [0.05, 0.1) is 5.41 Å². The molecule has 0 aliphatic carbocycles. The molecule has 2 aliphatic rings. The van der Waals surface area contributed by atoms with E-state index in [0.29, 0.717) is 11.0 Å². The van der Waals surface area contributed by atoms with Crippen molar-refractivity contribution in [1.82, 2.24) is 14.9 Å². The number of rotatable bonds is 5. The standard InChI is InChI=1S/C22H28ClN5O/c1-4-21(2,3)27-20-24-12-15(13-25-20)14-28-9-7-22(8-10-28)17-11-16(23)5-6-18(17)26-19(22)29/h5-6,11-13H,4,7-10,14H2,1-3H3,(H,26,29)(H,24,25,27). The quantitative estimate of drug-likeness (QED) is 0.768. The number of halogens is 1. The van der Waals surface area contributed by atoms with E-state index in [2.05, 4.69) is 46.3 Å². The van der Waals surface area contributed by atoms with Gasteiger partial charge in [-0.15, -0.1) is 0 Å². The maximum Gasteiger partial charge on any atom is 0.235 e. The predicted molar refractivity (Wildman–Crippen MR) is 116 cm³/mol. The molecule has 1 amide bonds. The SMILES string of the molecule is CCC(C)(C)Nc1ncc(CN2CCC3(CC2)C(=O)Nc2ccc(Cl)cc23)cn1. The second-order valence-corrected chi connectivity index (χ2v) is 9.22. The number of fused-ring (bicyclic) bond motifs is 2. The number of hydrogen-bond acceptors (Lipinski definition) is 5. The van der Waals surface area contributed by atoms with Crippen molar-refractivity contribution in [2.45, 2.75) is 57.5 Å². The zero-order valence-corrected chi connectivity index (χ0v) is 18.0. The molecule has 0 radical (unpaired) electrons. The maximum atomic E-state index is 12.8. The Morgan fingerprint density at radius 3 is 2.59 bits per heavy atom. The third-order valence-electron chi connectivity index (χ3n) is 6.34. The van der Waals surface area contributed by atoms with Crippen LogP contribution in [-0.4, -0.2) is 39.4 Å². The first-order valence-electron chi connectivity index (χ1n) is 10.2. The van der Waals surface area contributed by atoms with E-state index in [1.54, 1.807) is 0 Å². The fourth-order valence-corrected chi connectivity index (χ4v) is 4.30. The van der Waals surface area contributed by atoms with Crippen LogP contribution in [0.4, 0.5) is 11.6 Å². The third-order valence-corrected chi connectivity index (χ3v) is 6.57. The predicted octanol–water partition coefficient (Wildman–Crippen LogP) is 4.22. The van der Waals surface area contributed by atoms with E-state index in [9.17, 15) is 4.79 Å². The van der Waals surface area contributed by atoms with E-state index in [-0.39, 0.29) is 11.4 Å². The van der Waals surface area contributed by atoms with Crippen LogP contribution < -0.4 is 10.6 Å². The highest BCUT2D eigenvalue weighted by Crippen LogP contribution is 2.45. The van der Waals surface area contributed by atoms with Crippen LogP contribution in [0.5, 0.6) is 0 Å². The monoisotopic (exact) mass is 413 g/mol. The van der Waals surface area contributed by atoms with Crippen LogP contribution in [0.15, 0.2) is 30.6 Å². The lowest BCUT2D eigenvalue weighted by Gasteiger charge is -2.38. The van der Waals surface area contributed by atoms with Crippen molar-refractivity contribution >= 4 is 29.1 Å². The molecule has 29 heavy (non-hydrogen) atoms. The maximum absolute atomic E-state index is 12.8. The van der Waals surface area contributed by atoms with E-state index in [4.69, 9.17) is 11.6 Å². The Hall–Kier alpha value is -2.18. The molecule has 4 rings (SSSR count). The minimum Gasteiger partial charge on any atom is -0.349 e. The number of benzene rings is 1. The second-order valence-electron chi connectivity index (χ2n) is 8.78. The minimum absolute atomic E-state index is 0.0241. The van der Waals surface area contributed by atoms with E-state index >= 15 is 0 Å². The first-order chi connectivity index (χ1) is 13.8. The van der Waals surface area contributed by atoms with Gasteiger partial charge in [-0.05, 0) is 70.0 Å². The molecule has 0 unspecified atom stereocenters. The van der Waals surface area contributed by atoms with E-state index in [0.717, 1.165) is 55.7 Å². The molecule has 2 aromatic rings. The van der Waals surface area contributed by atoms with Crippen molar-refractivity contribution in [3.05, 3.63) is 46.7 Å². The van der Waals surface area contributed by atoms with Crippen molar-refractivity contribution in [1.29, 1.82) is 0 Å². The molecule has 7 heteroatoms. The average Bonchev–Trinajstić information content (AvgIpc) is 2.96. The summed E-state index contributed by atoms with van der Waals surface area (Å²) in [4.78, 5) is 24.1. The van der Waals surface area contributed by atoms with Gasteiger partial charge < -0.3 is 10.6 Å². The van der Waals surface area contributed by atoms with Crippen LogP contribution >= 0.6 is 11.6 Å². The Morgan fingerprint density at radius 1 is 1.24 bits per heavy atom. The number of nitrogens with zero attached hydrogens (tertiary/aromatic N) is 3. The summed E-state index contributed by atoms with van der Waals surface area (Å²) in [6.45, 7) is 8.90. The number of nitrogens with one attached hydrogen (secondary N) is 2. The van der Waals surface area contributed by atoms with Crippen LogP contribution in [-0.2, 0) is 16.8 Å². The van der Waals surface area contributed by atoms with Crippen LogP contribution in [0.25, 0.3) is 0 Å². The molecule has 0 saturated carbocycles. The van der Waals surface area contributed by atoms with Gasteiger partial charge in [-0.2, -0.15) is 0 Å². The molecule has 1 spiro atoms. The average molecular weight is 414 g/mol. The molecule has 6 nitrogen and oxygen atoms in total. The van der Waals surface area contributed by atoms with Crippen molar-refractivity contribution in [3.8, 4) is 0 Å². The minimum atomic E-state index is -0.452. The molecule has 2 aliphatic heterocycles. The summed E-state index contributed by atoms with van der Waals surface area (Å²) >= 11 is 6.20.